The number of amides is 1. The first kappa shape index (κ1) is 10.5. The maximum Gasteiger partial charge on any atom is 0.238 e. The highest BCUT2D eigenvalue weighted by Crippen LogP contribution is 2.17. The molecular weight excluding hydrogens is 166 g/mol. The highest BCUT2D eigenvalue weighted by Gasteiger charge is 2.22. The molecule has 0 aromatic rings. The first-order chi connectivity index (χ1) is 6.09. The minimum absolute atomic E-state index is 0.0154. The molecule has 1 rings (SSSR count). The Balaban J connectivity index is 2.20. The molecule has 1 aliphatic carbocycles. The van der Waals surface area contributed by atoms with Crippen LogP contribution in [0, 0.1) is 0 Å². The summed E-state index contributed by atoms with van der Waals surface area (Å²) in [6.07, 6.45) is 3.45. The van der Waals surface area contributed by atoms with Crippen molar-refractivity contribution < 1.29 is 4.79 Å². The molecule has 3 N–H and O–H groups in total. The van der Waals surface area contributed by atoms with E-state index in [1.807, 2.05) is 19.0 Å². The van der Waals surface area contributed by atoms with Gasteiger partial charge in [-0.05, 0) is 33.4 Å². The number of carbonyl (C=O) groups excluding carboxylic acids is 1. The van der Waals surface area contributed by atoms with Crippen LogP contribution in [0.15, 0.2) is 0 Å². The number of hydrogen-bond acceptors (Lipinski definition) is 3. The summed E-state index contributed by atoms with van der Waals surface area (Å²) in [4.78, 5) is 13.3. The van der Waals surface area contributed by atoms with Gasteiger partial charge in [0.05, 0.1) is 6.04 Å². The number of nitrogens with two attached hydrogens (primary N) is 1. The van der Waals surface area contributed by atoms with E-state index < -0.39 is 6.04 Å². The Labute approximate surface area is 79.5 Å². The van der Waals surface area contributed by atoms with Gasteiger partial charge >= 0.3 is 0 Å². The normalized spacial score (nSPS) is 19.7. The Morgan fingerprint density at radius 1 is 1.62 bits per heavy atom. The van der Waals surface area contributed by atoms with Crippen molar-refractivity contribution in [1.29, 1.82) is 0 Å². The van der Waals surface area contributed by atoms with E-state index in [2.05, 4.69) is 5.32 Å². The summed E-state index contributed by atoms with van der Waals surface area (Å²) in [5.74, 6) is -0.0154. The van der Waals surface area contributed by atoms with Crippen molar-refractivity contribution in [3.05, 3.63) is 0 Å². The molecular formula is C9H19N3O. The topological polar surface area (TPSA) is 58.4 Å². The molecule has 4 nitrogen and oxygen atoms in total. The second kappa shape index (κ2) is 4.58. The fraction of sp³-hybridized carbons (Fsp3) is 0.889. The number of likely N-dealkylation sites (N-methyl/N-ethyl adjacent to an activating group) is 1. The summed E-state index contributed by atoms with van der Waals surface area (Å²) in [5.41, 5.74) is 5.69. The van der Waals surface area contributed by atoms with Crippen LogP contribution in [-0.4, -0.2) is 43.5 Å². The van der Waals surface area contributed by atoms with Crippen molar-refractivity contribution in [1.82, 2.24) is 10.2 Å². The number of hydrogen-bond donors (Lipinski definition) is 2. The van der Waals surface area contributed by atoms with E-state index in [9.17, 15) is 4.79 Å². The first-order valence-corrected chi connectivity index (χ1v) is 4.80. The minimum atomic E-state index is -0.393. The quantitative estimate of drug-likeness (QED) is 0.623. The van der Waals surface area contributed by atoms with Crippen molar-refractivity contribution in [3.63, 3.8) is 0 Å². The van der Waals surface area contributed by atoms with Gasteiger partial charge in [-0.25, -0.2) is 0 Å². The predicted molar refractivity (Wildman–Crippen MR) is 52.3 cm³/mol. The van der Waals surface area contributed by atoms with Crippen molar-refractivity contribution in [2.45, 2.75) is 31.3 Å². The lowest BCUT2D eigenvalue weighted by molar-refractivity contribution is -0.123. The molecule has 0 bridgehead atoms. The average molecular weight is 185 g/mol. The third-order valence-electron chi connectivity index (χ3n) is 2.35. The van der Waals surface area contributed by atoms with Crippen LogP contribution in [0.2, 0.25) is 0 Å². The zero-order valence-electron chi connectivity index (χ0n) is 8.42. The summed E-state index contributed by atoms with van der Waals surface area (Å²) in [6, 6.07) is -0.00341. The molecule has 1 atom stereocenters. The summed E-state index contributed by atoms with van der Waals surface area (Å²) >= 11 is 0. The minimum Gasteiger partial charge on any atom is -0.352 e. The summed E-state index contributed by atoms with van der Waals surface area (Å²) in [6.45, 7) is 0.610. The molecule has 76 valence electrons. The fourth-order valence-electron chi connectivity index (χ4n) is 1.34. The highest BCUT2D eigenvalue weighted by molar-refractivity contribution is 5.82. The SMILES string of the molecule is CN(C)CC(N)C(=O)NC1CCC1. The predicted octanol–water partition coefficient (Wildman–Crippen LogP) is -0.456. The third kappa shape index (κ3) is 3.32. The molecule has 1 fully saturated rings. The second-order valence-corrected chi connectivity index (χ2v) is 4.01. The number of carbonyl (C=O) groups is 1. The molecule has 0 radical (unpaired) electrons. The monoisotopic (exact) mass is 185 g/mol. The summed E-state index contributed by atoms with van der Waals surface area (Å²) in [7, 11) is 3.83. The molecule has 0 heterocycles. The molecule has 1 unspecified atom stereocenters. The zero-order valence-corrected chi connectivity index (χ0v) is 8.42. The molecule has 0 aromatic carbocycles. The van der Waals surface area contributed by atoms with E-state index >= 15 is 0 Å². The number of rotatable bonds is 4. The van der Waals surface area contributed by atoms with Crippen molar-refractivity contribution in [2.75, 3.05) is 20.6 Å². The van der Waals surface area contributed by atoms with E-state index in [-0.39, 0.29) is 5.91 Å². The molecule has 1 amide bonds. The lowest BCUT2D eigenvalue weighted by Crippen LogP contribution is -2.51. The van der Waals surface area contributed by atoms with E-state index in [0.29, 0.717) is 12.6 Å². The van der Waals surface area contributed by atoms with Crippen LogP contribution in [0.4, 0.5) is 0 Å². The Bertz CT molecular complexity index is 178. The molecule has 0 spiro atoms. The maximum absolute atomic E-state index is 11.4. The average Bonchev–Trinajstić information content (AvgIpc) is 1.94. The van der Waals surface area contributed by atoms with Crippen LogP contribution in [0.25, 0.3) is 0 Å². The van der Waals surface area contributed by atoms with Crippen LogP contribution in [-0.2, 0) is 4.79 Å². The van der Waals surface area contributed by atoms with Crippen LogP contribution >= 0.6 is 0 Å². The van der Waals surface area contributed by atoms with Gasteiger partial charge in [0.1, 0.15) is 0 Å². The van der Waals surface area contributed by atoms with Gasteiger partial charge in [-0.15, -0.1) is 0 Å². The second-order valence-electron chi connectivity index (χ2n) is 4.01. The van der Waals surface area contributed by atoms with Gasteiger partial charge in [0, 0.05) is 12.6 Å². The van der Waals surface area contributed by atoms with Crippen molar-refractivity contribution >= 4 is 5.91 Å². The Morgan fingerprint density at radius 3 is 2.62 bits per heavy atom. The van der Waals surface area contributed by atoms with Crippen molar-refractivity contribution in [2.24, 2.45) is 5.73 Å². The number of nitrogens with one attached hydrogen (secondary N) is 1. The van der Waals surface area contributed by atoms with Gasteiger partial charge in [-0.1, -0.05) is 0 Å². The first-order valence-electron chi connectivity index (χ1n) is 4.80. The van der Waals surface area contributed by atoms with Crippen molar-refractivity contribution in [3.8, 4) is 0 Å². The lowest BCUT2D eigenvalue weighted by Gasteiger charge is -2.28. The van der Waals surface area contributed by atoms with Gasteiger partial charge in [0.2, 0.25) is 5.91 Å². The van der Waals surface area contributed by atoms with E-state index in [0.717, 1.165) is 12.8 Å². The molecule has 0 saturated heterocycles. The molecule has 13 heavy (non-hydrogen) atoms. The Morgan fingerprint density at radius 2 is 2.23 bits per heavy atom. The molecule has 1 saturated carbocycles. The third-order valence-corrected chi connectivity index (χ3v) is 2.35. The van der Waals surface area contributed by atoms with Crippen LogP contribution in [0.1, 0.15) is 19.3 Å². The molecule has 4 heteroatoms. The fourth-order valence-corrected chi connectivity index (χ4v) is 1.34. The lowest BCUT2D eigenvalue weighted by atomic mass is 9.93. The van der Waals surface area contributed by atoms with Crippen LogP contribution in [0.3, 0.4) is 0 Å². The Kier molecular flexibility index (Phi) is 3.69. The van der Waals surface area contributed by atoms with Gasteiger partial charge in [0.25, 0.3) is 0 Å². The largest absolute Gasteiger partial charge is 0.352 e. The van der Waals surface area contributed by atoms with Gasteiger partial charge < -0.3 is 16.0 Å². The molecule has 0 aromatic heterocycles. The molecule has 0 aliphatic heterocycles. The summed E-state index contributed by atoms with van der Waals surface area (Å²) in [5, 5.41) is 2.93. The van der Waals surface area contributed by atoms with Crippen LogP contribution in [0.5, 0.6) is 0 Å². The highest BCUT2D eigenvalue weighted by atomic mass is 16.2. The molecule has 1 aliphatic rings. The van der Waals surface area contributed by atoms with Gasteiger partial charge in [-0.3, -0.25) is 4.79 Å². The van der Waals surface area contributed by atoms with E-state index in [4.69, 9.17) is 5.73 Å². The maximum atomic E-state index is 11.4. The smallest absolute Gasteiger partial charge is 0.238 e. The van der Waals surface area contributed by atoms with Crippen LogP contribution < -0.4 is 11.1 Å². The summed E-state index contributed by atoms with van der Waals surface area (Å²) < 4.78 is 0. The van der Waals surface area contributed by atoms with E-state index in [1.54, 1.807) is 0 Å². The zero-order chi connectivity index (χ0) is 9.84. The Hall–Kier alpha value is -0.610. The van der Waals surface area contributed by atoms with Gasteiger partial charge in [-0.2, -0.15) is 0 Å². The van der Waals surface area contributed by atoms with Gasteiger partial charge in [0.15, 0.2) is 0 Å². The standard InChI is InChI=1S/C9H19N3O/c1-12(2)6-8(10)9(13)11-7-4-3-5-7/h7-8H,3-6,10H2,1-2H3,(H,11,13). The number of nitrogens with zero attached hydrogens (tertiary/aromatic N) is 1. The van der Waals surface area contributed by atoms with E-state index in [1.165, 1.54) is 6.42 Å².